The maximum atomic E-state index is 12.9. The number of nitriles is 1. The lowest BCUT2D eigenvalue weighted by atomic mass is 10.00. The lowest BCUT2D eigenvalue weighted by molar-refractivity contribution is 0.0790. The number of pyridine rings is 1. The molecule has 0 atom stereocenters. The highest BCUT2D eigenvalue weighted by molar-refractivity contribution is 5.95. The first-order chi connectivity index (χ1) is 13.4. The van der Waals surface area contributed by atoms with Crippen LogP contribution in [0.25, 0.3) is 11.3 Å². The van der Waals surface area contributed by atoms with Crippen LogP contribution in [-0.2, 0) is 6.54 Å². The number of carbonyl (C=O) groups is 1. The SMILES string of the molecule is Cc1cc(C)c(C#N)c(-c2cccc(C(=O)N(C)CCn3ccnc3C)c2)n1. The largest absolute Gasteiger partial charge is 0.340 e. The van der Waals surface area contributed by atoms with E-state index < -0.39 is 0 Å². The lowest BCUT2D eigenvalue weighted by Gasteiger charge is -2.18. The average molecular weight is 373 g/mol. The van der Waals surface area contributed by atoms with Crippen molar-refractivity contribution in [1.82, 2.24) is 19.4 Å². The first-order valence-corrected chi connectivity index (χ1v) is 9.12. The highest BCUT2D eigenvalue weighted by Gasteiger charge is 2.15. The number of imidazole rings is 1. The van der Waals surface area contributed by atoms with Gasteiger partial charge in [-0.25, -0.2) is 4.98 Å². The van der Waals surface area contributed by atoms with Crippen LogP contribution in [0.2, 0.25) is 0 Å². The molecule has 0 saturated heterocycles. The molecule has 1 amide bonds. The van der Waals surface area contributed by atoms with Gasteiger partial charge in [-0.05, 0) is 44.5 Å². The summed E-state index contributed by atoms with van der Waals surface area (Å²) in [7, 11) is 1.79. The van der Waals surface area contributed by atoms with E-state index in [1.165, 1.54) is 0 Å². The van der Waals surface area contributed by atoms with Gasteiger partial charge in [0.2, 0.25) is 0 Å². The number of carbonyl (C=O) groups excluding carboxylic acids is 1. The van der Waals surface area contributed by atoms with Crippen molar-refractivity contribution >= 4 is 5.91 Å². The van der Waals surface area contributed by atoms with Gasteiger partial charge in [-0.15, -0.1) is 0 Å². The predicted octanol–water partition coefficient (Wildman–Crippen LogP) is 3.51. The van der Waals surface area contributed by atoms with Gasteiger partial charge in [0.05, 0.1) is 11.3 Å². The van der Waals surface area contributed by atoms with Crippen molar-refractivity contribution in [3.63, 3.8) is 0 Å². The molecule has 6 nitrogen and oxygen atoms in total. The van der Waals surface area contributed by atoms with Crippen molar-refractivity contribution in [3.05, 3.63) is 70.9 Å². The smallest absolute Gasteiger partial charge is 0.253 e. The fraction of sp³-hybridized carbons (Fsp3) is 0.273. The summed E-state index contributed by atoms with van der Waals surface area (Å²) in [6.07, 6.45) is 3.66. The van der Waals surface area contributed by atoms with Crippen LogP contribution in [-0.4, -0.2) is 38.9 Å². The summed E-state index contributed by atoms with van der Waals surface area (Å²) in [6.45, 7) is 7.00. The molecular weight excluding hydrogens is 350 g/mol. The lowest BCUT2D eigenvalue weighted by Crippen LogP contribution is -2.30. The van der Waals surface area contributed by atoms with Gasteiger partial charge in [0.1, 0.15) is 11.9 Å². The van der Waals surface area contributed by atoms with Gasteiger partial charge in [0.25, 0.3) is 5.91 Å². The Balaban J connectivity index is 1.84. The zero-order valence-electron chi connectivity index (χ0n) is 16.6. The number of likely N-dealkylation sites (N-methyl/N-ethyl adjacent to an activating group) is 1. The van der Waals surface area contributed by atoms with Crippen molar-refractivity contribution in [3.8, 4) is 17.3 Å². The molecule has 0 spiro atoms. The Morgan fingerprint density at radius 3 is 2.71 bits per heavy atom. The summed E-state index contributed by atoms with van der Waals surface area (Å²) in [6, 6.07) is 11.4. The Hall–Kier alpha value is -3.46. The summed E-state index contributed by atoms with van der Waals surface area (Å²) < 4.78 is 2.01. The third kappa shape index (κ3) is 3.94. The molecule has 6 heteroatoms. The van der Waals surface area contributed by atoms with Gasteiger partial charge in [-0.2, -0.15) is 5.26 Å². The molecule has 2 aromatic heterocycles. The van der Waals surface area contributed by atoms with E-state index in [0.717, 1.165) is 22.6 Å². The Kier molecular flexibility index (Phi) is 5.55. The molecule has 0 aliphatic heterocycles. The molecule has 3 rings (SSSR count). The zero-order chi connectivity index (χ0) is 20.3. The third-order valence-electron chi connectivity index (χ3n) is 4.79. The monoisotopic (exact) mass is 373 g/mol. The van der Waals surface area contributed by atoms with E-state index in [0.29, 0.717) is 29.9 Å². The zero-order valence-corrected chi connectivity index (χ0v) is 16.6. The minimum Gasteiger partial charge on any atom is -0.340 e. The quantitative estimate of drug-likeness (QED) is 0.686. The number of aryl methyl sites for hydroxylation is 3. The van der Waals surface area contributed by atoms with Crippen LogP contribution in [0.1, 0.15) is 33.0 Å². The molecule has 0 saturated carbocycles. The normalized spacial score (nSPS) is 10.5. The van der Waals surface area contributed by atoms with E-state index in [4.69, 9.17) is 0 Å². The molecule has 2 heterocycles. The molecular formula is C22H23N5O. The summed E-state index contributed by atoms with van der Waals surface area (Å²) in [5.41, 5.74) is 4.23. The molecule has 0 bridgehead atoms. The molecule has 0 aliphatic carbocycles. The molecule has 0 fully saturated rings. The van der Waals surface area contributed by atoms with Crippen molar-refractivity contribution in [2.45, 2.75) is 27.3 Å². The Labute approximate surface area is 165 Å². The Morgan fingerprint density at radius 2 is 2.04 bits per heavy atom. The molecule has 3 aromatic rings. The van der Waals surface area contributed by atoms with Crippen LogP contribution in [0, 0.1) is 32.1 Å². The average Bonchev–Trinajstić information content (AvgIpc) is 3.10. The fourth-order valence-corrected chi connectivity index (χ4v) is 3.21. The van der Waals surface area contributed by atoms with Crippen LogP contribution in [0.4, 0.5) is 0 Å². The van der Waals surface area contributed by atoms with Gasteiger partial charge >= 0.3 is 0 Å². The predicted molar refractivity (Wildman–Crippen MR) is 108 cm³/mol. The minimum atomic E-state index is -0.0671. The molecule has 0 aliphatic rings. The standard InChI is InChI=1S/C22H23N5O/c1-15-12-16(2)25-21(20(15)14-23)18-6-5-7-19(13-18)22(28)26(4)10-11-27-9-8-24-17(27)3/h5-9,12-13H,10-11H2,1-4H3. The second kappa shape index (κ2) is 8.05. The van der Waals surface area contributed by atoms with Gasteiger partial charge in [-0.1, -0.05) is 12.1 Å². The second-order valence-electron chi connectivity index (χ2n) is 6.89. The Bertz CT molecular complexity index is 1060. The van der Waals surface area contributed by atoms with Gasteiger partial charge in [0.15, 0.2) is 0 Å². The summed E-state index contributed by atoms with van der Waals surface area (Å²) in [4.78, 5) is 23.3. The Morgan fingerprint density at radius 1 is 1.25 bits per heavy atom. The van der Waals surface area contributed by atoms with Crippen LogP contribution >= 0.6 is 0 Å². The molecule has 28 heavy (non-hydrogen) atoms. The minimum absolute atomic E-state index is 0.0671. The molecule has 0 radical (unpaired) electrons. The summed E-state index contributed by atoms with van der Waals surface area (Å²) in [5.74, 6) is 0.857. The van der Waals surface area contributed by atoms with Crippen LogP contribution in [0.5, 0.6) is 0 Å². The fourth-order valence-electron chi connectivity index (χ4n) is 3.21. The van der Waals surface area contributed by atoms with Crippen molar-refractivity contribution in [2.75, 3.05) is 13.6 Å². The highest BCUT2D eigenvalue weighted by Crippen LogP contribution is 2.25. The molecule has 0 N–H and O–H groups in total. The van der Waals surface area contributed by atoms with Crippen LogP contribution in [0.15, 0.2) is 42.7 Å². The number of amides is 1. The van der Waals surface area contributed by atoms with E-state index in [1.54, 1.807) is 24.2 Å². The highest BCUT2D eigenvalue weighted by atomic mass is 16.2. The van der Waals surface area contributed by atoms with Crippen molar-refractivity contribution in [2.24, 2.45) is 0 Å². The van der Waals surface area contributed by atoms with E-state index in [2.05, 4.69) is 16.0 Å². The topological polar surface area (TPSA) is 74.8 Å². The van der Waals surface area contributed by atoms with Crippen molar-refractivity contribution < 1.29 is 4.79 Å². The third-order valence-corrected chi connectivity index (χ3v) is 4.79. The summed E-state index contributed by atoms with van der Waals surface area (Å²) in [5, 5.41) is 9.53. The number of hydrogen-bond acceptors (Lipinski definition) is 4. The number of benzene rings is 1. The first-order valence-electron chi connectivity index (χ1n) is 9.12. The number of nitrogens with zero attached hydrogens (tertiary/aromatic N) is 5. The van der Waals surface area contributed by atoms with Crippen molar-refractivity contribution in [1.29, 1.82) is 5.26 Å². The number of hydrogen-bond donors (Lipinski definition) is 0. The number of aromatic nitrogens is 3. The molecule has 1 aromatic carbocycles. The maximum absolute atomic E-state index is 12.9. The molecule has 142 valence electrons. The summed E-state index contributed by atoms with van der Waals surface area (Å²) >= 11 is 0. The van der Waals surface area contributed by atoms with Gasteiger partial charge in [-0.3, -0.25) is 9.78 Å². The number of rotatable bonds is 5. The van der Waals surface area contributed by atoms with Crippen LogP contribution in [0.3, 0.4) is 0 Å². The van der Waals surface area contributed by atoms with E-state index >= 15 is 0 Å². The van der Waals surface area contributed by atoms with E-state index in [9.17, 15) is 10.1 Å². The van der Waals surface area contributed by atoms with E-state index in [1.807, 2.05) is 55.8 Å². The van der Waals surface area contributed by atoms with Crippen LogP contribution < -0.4 is 0 Å². The molecule has 0 unspecified atom stereocenters. The van der Waals surface area contributed by atoms with E-state index in [-0.39, 0.29) is 5.91 Å². The first kappa shape index (κ1) is 19.3. The van der Waals surface area contributed by atoms with Gasteiger partial charge in [0, 0.05) is 49.4 Å². The maximum Gasteiger partial charge on any atom is 0.253 e. The van der Waals surface area contributed by atoms with Gasteiger partial charge < -0.3 is 9.47 Å². The second-order valence-corrected chi connectivity index (χ2v) is 6.89.